The molecular weight excluding hydrogens is 309 g/mol. The number of nitrogens with zero attached hydrogens (tertiary/aromatic N) is 1. The van der Waals surface area contributed by atoms with Crippen molar-refractivity contribution in [2.45, 2.75) is 103 Å². The molecule has 0 atom stereocenters. The van der Waals surface area contributed by atoms with Gasteiger partial charge in [0, 0.05) is 36.1 Å². The zero-order valence-electron chi connectivity index (χ0n) is 16.8. The van der Waals surface area contributed by atoms with Crippen LogP contribution in [0, 0.1) is 0 Å². The van der Waals surface area contributed by atoms with Crippen molar-refractivity contribution in [1.82, 2.24) is 4.90 Å². The van der Waals surface area contributed by atoms with Crippen LogP contribution in [-0.2, 0) is 4.79 Å². The minimum atomic E-state index is -0.696. The molecule has 0 aromatic heterocycles. The summed E-state index contributed by atoms with van der Waals surface area (Å²) in [6.07, 6.45) is 19.6. The average molecular weight is 351 g/mol. The molecule has 0 spiro atoms. The van der Waals surface area contributed by atoms with Gasteiger partial charge >= 0.3 is 5.97 Å². The SMILES string of the molecule is CCCCCCCCCCCCCCCCN(C)CCC(=O)O.[Na]. The second-order valence-corrected chi connectivity index (χ2v) is 7.04. The van der Waals surface area contributed by atoms with Crippen LogP contribution in [0.3, 0.4) is 0 Å². The monoisotopic (exact) mass is 350 g/mol. The van der Waals surface area contributed by atoms with Crippen molar-refractivity contribution in [1.29, 1.82) is 0 Å². The Labute approximate surface area is 173 Å². The van der Waals surface area contributed by atoms with E-state index in [1.54, 1.807) is 0 Å². The van der Waals surface area contributed by atoms with Crippen molar-refractivity contribution in [3.63, 3.8) is 0 Å². The van der Waals surface area contributed by atoms with Crippen LogP contribution < -0.4 is 0 Å². The van der Waals surface area contributed by atoms with Crippen molar-refractivity contribution in [3.05, 3.63) is 0 Å². The molecule has 0 aliphatic heterocycles. The summed E-state index contributed by atoms with van der Waals surface area (Å²) < 4.78 is 0. The van der Waals surface area contributed by atoms with Gasteiger partial charge in [0.25, 0.3) is 0 Å². The minimum Gasteiger partial charge on any atom is -0.481 e. The summed E-state index contributed by atoms with van der Waals surface area (Å²) >= 11 is 0. The normalized spacial score (nSPS) is 10.8. The van der Waals surface area contributed by atoms with Gasteiger partial charge < -0.3 is 10.0 Å². The fourth-order valence-corrected chi connectivity index (χ4v) is 2.97. The number of unbranched alkanes of at least 4 members (excludes halogenated alkanes) is 13. The molecule has 0 bridgehead atoms. The number of aliphatic carboxylic acids is 1. The molecule has 0 aromatic carbocycles. The molecule has 1 radical (unpaired) electrons. The molecule has 0 amide bonds. The first-order valence-corrected chi connectivity index (χ1v) is 10.1. The second kappa shape index (κ2) is 21.5. The summed E-state index contributed by atoms with van der Waals surface area (Å²) in [4.78, 5) is 12.6. The average Bonchev–Trinajstić information content (AvgIpc) is 2.53. The van der Waals surface area contributed by atoms with Crippen LogP contribution in [0.2, 0.25) is 0 Å². The van der Waals surface area contributed by atoms with Gasteiger partial charge in [-0.1, -0.05) is 90.4 Å². The van der Waals surface area contributed by atoms with Crippen LogP contribution in [0.25, 0.3) is 0 Å². The topological polar surface area (TPSA) is 40.5 Å². The first kappa shape index (κ1) is 26.7. The van der Waals surface area contributed by atoms with E-state index in [1.807, 2.05) is 7.05 Å². The fourth-order valence-electron chi connectivity index (χ4n) is 2.97. The largest absolute Gasteiger partial charge is 0.481 e. The van der Waals surface area contributed by atoms with E-state index in [0.717, 1.165) is 6.54 Å². The van der Waals surface area contributed by atoms with Crippen LogP contribution in [0.1, 0.15) is 103 Å². The van der Waals surface area contributed by atoms with Gasteiger partial charge in [-0.15, -0.1) is 0 Å². The van der Waals surface area contributed by atoms with Crippen molar-refractivity contribution in [3.8, 4) is 0 Å². The van der Waals surface area contributed by atoms with Crippen molar-refractivity contribution in [2.75, 3.05) is 20.1 Å². The summed E-state index contributed by atoms with van der Waals surface area (Å²) in [6, 6.07) is 0. The molecule has 0 aromatic rings. The van der Waals surface area contributed by atoms with Crippen molar-refractivity contribution in [2.24, 2.45) is 0 Å². The van der Waals surface area contributed by atoms with Gasteiger partial charge in [0.2, 0.25) is 0 Å². The number of hydrogen-bond donors (Lipinski definition) is 1. The molecule has 0 saturated carbocycles. The minimum absolute atomic E-state index is 0. The quantitative estimate of drug-likeness (QED) is 0.262. The van der Waals surface area contributed by atoms with Gasteiger partial charge in [-0.3, -0.25) is 4.79 Å². The first-order chi connectivity index (χ1) is 11.2. The van der Waals surface area contributed by atoms with Crippen LogP contribution in [0.5, 0.6) is 0 Å². The van der Waals surface area contributed by atoms with Gasteiger partial charge in [-0.25, -0.2) is 0 Å². The Kier molecular flexibility index (Phi) is 23.8. The standard InChI is InChI=1S/C20H41NO2.Na/c1-3-4-5-6-7-8-9-10-11-12-13-14-15-16-18-21(2)19-17-20(22)23;/h3-19H2,1-2H3,(H,22,23);. The molecule has 3 nitrogen and oxygen atoms in total. The van der Waals surface area contributed by atoms with Crippen LogP contribution in [0.4, 0.5) is 0 Å². The van der Waals surface area contributed by atoms with E-state index < -0.39 is 5.97 Å². The predicted octanol–water partition coefficient (Wildman–Crippen LogP) is 5.49. The van der Waals surface area contributed by atoms with E-state index >= 15 is 0 Å². The van der Waals surface area contributed by atoms with E-state index in [4.69, 9.17) is 5.11 Å². The Morgan fingerprint density at radius 1 is 0.708 bits per heavy atom. The van der Waals surface area contributed by atoms with Gasteiger partial charge in [-0.2, -0.15) is 0 Å². The van der Waals surface area contributed by atoms with Crippen molar-refractivity contribution >= 4 is 35.5 Å². The third kappa shape index (κ3) is 22.4. The van der Waals surface area contributed by atoms with Crippen molar-refractivity contribution < 1.29 is 9.90 Å². The molecule has 0 aliphatic carbocycles. The molecule has 1 N–H and O–H groups in total. The molecule has 0 heterocycles. The van der Waals surface area contributed by atoms with E-state index in [9.17, 15) is 4.79 Å². The number of carboxylic acid groups (broad SMARTS) is 1. The predicted molar refractivity (Wildman–Crippen MR) is 106 cm³/mol. The molecule has 0 fully saturated rings. The Bertz CT molecular complexity index is 262. The van der Waals surface area contributed by atoms with Gasteiger partial charge in [0.15, 0.2) is 0 Å². The van der Waals surface area contributed by atoms with E-state index in [2.05, 4.69) is 11.8 Å². The third-order valence-electron chi connectivity index (χ3n) is 4.60. The van der Waals surface area contributed by atoms with Crippen LogP contribution in [-0.4, -0.2) is 65.7 Å². The summed E-state index contributed by atoms with van der Waals surface area (Å²) in [5, 5.41) is 8.63. The number of carboxylic acids is 1. The molecule has 0 rings (SSSR count). The number of carbonyl (C=O) groups is 1. The second-order valence-electron chi connectivity index (χ2n) is 7.04. The molecule has 0 aliphatic rings. The maximum atomic E-state index is 10.5. The molecule has 0 saturated heterocycles. The molecule has 4 heteroatoms. The van der Waals surface area contributed by atoms with Crippen LogP contribution in [0.15, 0.2) is 0 Å². The zero-order chi connectivity index (χ0) is 17.2. The Hall–Kier alpha value is 0.430. The summed E-state index contributed by atoms with van der Waals surface area (Å²) in [5.41, 5.74) is 0. The molecule has 139 valence electrons. The smallest absolute Gasteiger partial charge is 0.304 e. The first-order valence-electron chi connectivity index (χ1n) is 10.1. The van der Waals surface area contributed by atoms with Gasteiger partial charge in [0.1, 0.15) is 0 Å². The van der Waals surface area contributed by atoms with E-state index in [0.29, 0.717) is 6.54 Å². The Morgan fingerprint density at radius 3 is 1.46 bits per heavy atom. The van der Waals surface area contributed by atoms with E-state index in [1.165, 1.54) is 89.9 Å². The summed E-state index contributed by atoms with van der Waals surface area (Å²) in [7, 11) is 2.02. The Balaban J connectivity index is 0. The molecule has 24 heavy (non-hydrogen) atoms. The number of rotatable bonds is 18. The Morgan fingerprint density at radius 2 is 1.08 bits per heavy atom. The van der Waals surface area contributed by atoms with Gasteiger partial charge in [-0.05, 0) is 20.0 Å². The summed E-state index contributed by atoms with van der Waals surface area (Å²) in [6.45, 7) is 3.98. The molecular formula is C20H41NNaO2. The van der Waals surface area contributed by atoms with Gasteiger partial charge in [0.05, 0.1) is 6.42 Å². The fraction of sp³-hybridized carbons (Fsp3) is 0.950. The molecule has 0 unspecified atom stereocenters. The van der Waals surface area contributed by atoms with E-state index in [-0.39, 0.29) is 36.0 Å². The third-order valence-corrected chi connectivity index (χ3v) is 4.60. The summed E-state index contributed by atoms with van der Waals surface area (Å²) in [5.74, 6) is -0.696. The maximum Gasteiger partial charge on any atom is 0.304 e. The number of hydrogen-bond acceptors (Lipinski definition) is 2. The van der Waals surface area contributed by atoms with Crippen LogP contribution >= 0.6 is 0 Å². The maximum absolute atomic E-state index is 10.5. The zero-order valence-corrected chi connectivity index (χ0v) is 18.8.